The standard InChI is InChI=1S/C23H25ClFN3O3/c1-30-23-10-19(21(26)11-20(23)24)22(29)6-7-28-17-8-16(9-18(28)13-31-12-17)27-15-4-2-14(25)3-5-15/h2-7,10-11,16-18,27H,8-9,12-13,26H2,1H3/t16?,17-,18+. The number of ketones is 1. The summed E-state index contributed by atoms with van der Waals surface area (Å²) in [5.74, 6) is -0.0528. The number of rotatable bonds is 6. The highest BCUT2D eigenvalue weighted by atomic mass is 35.5. The van der Waals surface area contributed by atoms with Crippen LogP contribution in [0, 0.1) is 5.82 Å². The molecular formula is C23H25ClFN3O3. The Morgan fingerprint density at radius 3 is 2.58 bits per heavy atom. The lowest BCUT2D eigenvalue weighted by atomic mass is 9.90. The minimum Gasteiger partial charge on any atom is -0.495 e. The van der Waals surface area contributed by atoms with Crippen LogP contribution in [-0.4, -0.2) is 49.1 Å². The van der Waals surface area contributed by atoms with Gasteiger partial charge in [-0.05, 0) is 49.2 Å². The highest BCUT2D eigenvalue weighted by Crippen LogP contribution is 2.32. The number of benzene rings is 2. The molecule has 164 valence electrons. The van der Waals surface area contributed by atoms with Crippen molar-refractivity contribution in [2.45, 2.75) is 31.0 Å². The van der Waals surface area contributed by atoms with Crippen molar-refractivity contribution in [2.24, 2.45) is 0 Å². The van der Waals surface area contributed by atoms with E-state index in [0.29, 0.717) is 35.2 Å². The van der Waals surface area contributed by atoms with E-state index in [9.17, 15) is 9.18 Å². The van der Waals surface area contributed by atoms with E-state index in [1.807, 2.05) is 6.20 Å². The lowest BCUT2D eigenvalue weighted by Crippen LogP contribution is -2.56. The summed E-state index contributed by atoms with van der Waals surface area (Å²) >= 11 is 6.07. The number of carbonyl (C=O) groups is 1. The average Bonchev–Trinajstić information content (AvgIpc) is 2.73. The number of nitrogen functional groups attached to an aromatic ring is 1. The molecule has 2 aromatic carbocycles. The van der Waals surface area contributed by atoms with Crippen molar-refractivity contribution in [3.8, 4) is 5.75 Å². The maximum atomic E-state index is 13.2. The van der Waals surface area contributed by atoms with Crippen LogP contribution in [0.4, 0.5) is 15.8 Å². The Labute approximate surface area is 185 Å². The van der Waals surface area contributed by atoms with Gasteiger partial charge in [-0.2, -0.15) is 0 Å². The molecule has 4 rings (SSSR count). The lowest BCUT2D eigenvalue weighted by molar-refractivity contribution is -0.0515. The molecule has 2 bridgehead atoms. The van der Waals surface area contributed by atoms with E-state index in [-0.39, 0.29) is 29.7 Å². The topological polar surface area (TPSA) is 76.8 Å². The van der Waals surface area contributed by atoms with E-state index in [4.69, 9.17) is 26.8 Å². The fourth-order valence-electron chi connectivity index (χ4n) is 4.27. The zero-order valence-corrected chi connectivity index (χ0v) is 17.9. The number of ether oxygens (including phenoxy) is 2. The summed E-state index contributed by atoms with van der Waals surface area (Å²) in [6.45, 7) is 1.18. The Morgan fingerprint density at radius 2 is 1.94 bits per heavy atom. The molecule has 2 aromatic rings. The third-order valence-electron chi connectivity index (χ3n) is 5.78. The van der Waals surface area contributed by atoms with Gasteiger partial charge in [0.25, 0.3) is 0 Å². The molecule has 0 radical (unpaired) electrons. The summed E-state index contributed by atoms with van der Waals surface area (Å²) in [6, 6.07) is 10.0. The van der Waals surface area contributed by atoms with Crippen molar-refractivity contribution in [3.05, 3.63) is 65.1 Å². The summed E-state index contributed by atoms with van der Waals surface area (Å²) in [4.78, 5) is 15.0. The van der Waals surface area contributed by atoms with Gasteiger partial charge in [-0.15, -0.1) is 0 Å². The first-order chi connectivity index (χ1) is 14.9. The maximum absolute atomic E-state index is 13.2. The second-order valence-electron chi connectivity index (χ2n) is 7.87. The first kappa shape index (κ1) is 21.5. The molecule has 2 aliphatic rings. The largest absolute Gasteiger partial charge is 0.495 e. The third-order valence-corrected chi connectivity index (χ3v) is 6.07. The number of methoxy groups -OCH3 is 1. The van der Waals surface area contributed by atoms with E-state index in [1.54, 1.807) is 18.2 Å². The van der Waals surface area contributed by atoms with E-state index in [2.05, 4.69) is 10.2 Å². The normalized spacial score (nSPS) is 23.1. The number of halogens is 2. The zero-order chi connectivity index (χ0) is 22.0. The van der Waals surface area contributed by atoms with Gasteiger partial charge >= 0.3 is 0 Å². The lowest BCUT2D eigenvalue weighted by Gasteiger charge is -2.48. The van der Waals surface area contributed by atoms with Crippen molar-refractivity contribution in [3.63, 3.8) is 0 Å². The third kappa shape index (κ3) is 4.78. The van der Waals surface area contributed by atoms with Crippen LogP contribution in [-0.2, 0) is 4.74 Å². The Hall–Kier alpha value is -2.77. The van der Waals surface area contributed by atoms with Crippen LogP contribution < -0.4 is 15.8 Å². The molecule has 2 saturated heterocycles. The summed E-state index contributed by atoms with van der Waals surface area (Å²) < 4.78 is 24.1. The minimum atomic E-state index is -0.251. The van der Waals surface area contributed by atoms with Crippen molar-refractivity contribution >= 4 is 28.8 Å². The Bertz CT molecular complexity index is 969. The van der Waals surface area contributed by atoms with Crippen LogP contribution in [0.1, 0.15) is 23.2 Å². The Kier molecular flexibility index (Phi) is 6.34. The van der Waals surface area contributed by atoms with E-state index >= 15 is 0 Å². The molecule has 0 spiro atoms. The first-order valence-corrected chi connectivity index (χ1v) is 10.5. The fraction of sp³-hybridized carbons (Fsp3) is 0.348. The number of morpholine rings is 1. The van der Waals surface area contributed by atoms with E-state index < -0.39 is 0 Å². The first-order valence-electron chi connectivity index (χ1n) is 10.2. The van der Waals surface area contributed by atoms with Gasteiger partial charge in [0.1, 0.15) is 11.6 Å². The van der Waals surface area contributed by atoms with Crippen LogP contribution in [0.5, 0.6) is 5.75 Å². The number of piperidine rings is 1. The number of fused-ring (bicyclic) bond motifs is 2. The monoisotopic (exact) mass is 445 g/mol. The quantitative estimate of drug-likeness (QED) is 0.396. The van der Waals surface area contributed by atoms with Gasteiger partial charge in [-0.3, -0.25) is 4.79 Å². The molecule has 2 fully saturated rings. The van der Waals surface area contributed by atoms with Gasteiger partial charge in [0, 0.05) is 35.3 Å². The van der Waals surface area contributed by atoms with Crippen molar-refractivity contribution < 1.29 is 18.7 Å². The Morgan fingerprint density at radius 1 is 1.26 bits per heavy atom. The van der Waals surface area contributed by atoms with Crippen molar-refractivity contribution in [1.29, 1.82) is 0 Å². The molecule has 3 atom stereocenters. The maximum Gasteiger partial charge on any atom is 0.189 e. The molecule has 2 aliphatic heterocycles. The van der Waals surface area contributed by atoms with Gasteiger partial charge in [0.2, 0.25) is 0 Å². The molecule has 0 amide bonds. The smallest absolute Gasteiger partial charge is 0.189 e. The molecule has 0 aromatic heterocycles. The number of carbonyl (C=O) groups excluding carboxylic acids is 1. The number of hydrogen-bond donors (Lipinski definition) is 2. The molecule has 31 heavy (non-hydrogen) atoms. The highest BCUT2D eigenvalue weighted by Gasteiger charge is 2.37. The van der Waals surface area contributed by atoms with E-state index in [0.717, 1.165) is 18.5 Å². The van der Waals surface area contributed by atoms with Crippen molar-refractivity contribution in [2.75, 3.05) is 31.4 Å². The number of anilines is 2. The predicted octanol–water partition coefficient (Wildman–Crippen LogP) is 4.11. The molecule has 3 N–H and O–H groups in total. The SMILES string of the molecule is COc1cc(C(=O)C=CN2[C@@H]3COC[C@H]2CC(Nc2ccc(F)cc2)C3)c(N)cc1Cl. The second-order valence-corrected chi connectivity index (χ2v) is 8.27. The average molecular weight is 446 g/mol. The zero-order valence-electron chi connectivity index (χ0n) is 17.2. The summed E-state index contributed by atoms with van der Waals surface area (Å²) in [5.41, 5.74) is 7.55. The van der Waals surface area contributed by atoms with Crippen LogP contribution in [0.2, 0.25) is 5.02 Å². The van der Waals surface area contributed by atoms with Crippen LogP contribution in [0.3, 0.4) is 0 Å². The number of nitrogens with one attached hydrogen (secondary N) is 1. The van der Waals surface area contributed by atoms with Gasteiger partial charge in [-0.1, -0.05) is 11.6 Å². The van der Waals surface area contributed by atoms with Crippen molar-refractivity contribution in [1.82, 2.24) is 4.90 Å². The molecule has 2 heterocycles. The summed E-state index contributed by atoms with van der Waals surface area (Å²) in [5, 5.41) is 3.85. The molecule has 0 saturated carbocycles. The highest BCUT2D eigenvalue weighted by molar-refractivity contribution is 6.32. The molecular weight excluding hydrogens is 421 g/mol. The van der Waals surface area contributed by atoms with Crippen LogP contribution >= 0.6 is 11.6 Å². The van der Waals surface area contributed by atoms with Crippen LogP contribution in [0.15, 0.2) is 48.7 Å². The molecule has 6 nitrogen and oxygen atoms in total. The summed E-state index contributed by atoms with van der Waals surface area (Å²) in [6.07, 6.45) is 5.08. The van der Waals surface area contributed by atoms with Gasteiger partial charge < -0.3 is 25.4 Å². The van der Waals surface area contributed by atoms with Gasteiger partial charge in [0.05, 0.1) is 37.4 Å². The number of hydrogen-bond acceptors (Lipinski definition) is 6. The van der Waals surface area contributed by atoms with Gasteiger partial charge in [-0.25, -0.2) is 4.39 Å². The molecule has 1 unspecified atom stereocenters. The minimum absolute atomic E-state index is 0.145. The number of nitrogens with zero attached hydrogens (tertiary/aromatic N) is 1. The molecule has 0 aliphatic carbocycles. The Balaban J connectivity index is 1.45. The molecule has 8 heteroatoms. The summed E-state index contributed by atoms with van der Waals surface area (Å²) in [7, 11) is 1.49. The van der Waals surface area contributed by atoms with E-state index in [1.165, 1.54) is 31.4 Å². The fourth-order valence-corrected chi connectivity index (χ4v) is 4.52. The second kappa shape index (κ2) is 9.16. The predicted molar refractivity (Wildman–Crippen MR) is 119 cm³/mol. The number of nitrogens with two attached hydrogens (primary N) is 1. The number of allylic oxidation sites excluding steroid dienone is 1. The van der Waals surface area contributed by atoms with Gasteiger partial charge in [0.15, 0.2) is 5.78 Å². The van der Waals surface area contributed by atoms with Crippen LogP contribution in [0.25, 0.3) is 0 Å².